The number of carbonyl (C=O) groups excluding carboxylic acids is 1. The van der Waals surface area contributed by atoms with Crippen molar-refractivity contribution in [2.45, 2.75) is 13.0 Å². The minimum Gasteiger partial charge on any atom is -0.365 e. The normalized spacial score (nSPS) is 10.4. The lowest BCUT2D eigenvalue weighted by Crippen LogP contribution is -2.16. The highest BCUT2D eigenvalue weighted by molar-refractivity contribution is 6.30. The fourth-order valence-corrected chi connectivity index (χ4v) is 2.43. The van der Waals surface area contributed by atoms with Crippen LogP contribution in [0.3, 0.4) is 0 Å². The van der Waals surface area contributed by atoms with Gasteiger partial charge in [-0.05, 0) is 47.5 Å². The molecule has 132 valence electrons. The Morgan fingerprint density at radius 3 is 2.38 bits per heavy atom. The standard InChI is InChI=1S/C19H16ClFN4O/c20-15-6-4-13(5-7-15)12-22-17-8-9-18(25-24-17)23-19(26)11-14-2-1-3-16(21)10-14/h1-10H,11-12H2,(H,22,24)(H,23,25,26). The molecule has 5 nitrogen and oxygen atoms in total. The van der Waals surface area contributed by atoms with Crippen molar-refractivity contribution in [1.29, 1.82) is 0 Å². The van der Waals surface area contributed by atoms with Crippen molar-refractivity contribution in [3.63, 3.8) is 0 Å². The molecule has 0 unspecified atom stereocenters. The number of hydrogen-bond acceptors (Lipinski definition) is 4. The van der Waals surface area contributed by atoms with Gasteiger partial charge in [-0.3, -0.25) is 4.79 Å². The quantitative estimate of drug-likeness (QED) is 0.686. The molecule has 1 aromatic heterocycles. The van der Waals surface area contributed by atoms with Crippen molar-refractivity contribution < 1.29 is 9.18 Å². The first-order valence-electron chi connectivity index (χ1n) is 7.95. The molecular weight excluding hydrogens is 355 g/mol. The highest BCUT2D eigenvalue weighted by atomic mass is 35.5. The van der Waals surface area contributed by atoms with Gasteiger partial charge in [0.25, 0.3) is 0 Å². The van der Waals surface area contributed by atoms with Crippen LogP contribution in [-0.4, -0.2) is 16.1 Å². The van der Waals surface area contributed by atoms with Crippen LogP contribution in [0.15, 0.2) is 60.7 Å². The van der Waals surface area contributed by atoms with Crippen molar-refractivity contribution in [2.24, 2.45) is 0 Å². The summed E-state index contributed by atoms with van der Waals surface area (Å²) in [5, 5.41) is 14.5. The first kappa shape index (κ1) is 17.8. The smallest absolute Gasteiger partial charge is 0.229 e. The van der Waals surface area contributed by atoms with Crippen LogP contribution in [0.25, 0.3) is 0 Å². The van der Waals surface area contributed by atoms with E-state index < -0.39 is 0 Å². The van der Waals surface area contributed by atoms with Gasteiger partial charge in [-0.15, -0.1) is 10.2 Å². The lowest BCUT2D eigenvalue weighted by Gasteiger charge is -2.07. The summed E-state index contributed by atoms with van der Waals surface area (Å²) in [7, 11) is 0. The molecule has 0 saturated carbocycles. The molecular formula is C19H16ClFN4O. The van der Waals surface area contributed by atoms with E-state index in [4.69, 9.17) is 11.6 Å². The van der Waals surface area contributed by atoms with Gasteiger partial charge in [0, 0.05) is 11.6 Å². The maximum absolute atomic E-state index is 13.1. The van der Waals surface area contributed by atoms with Gasteiger partial charge in [0.2, 0.25) is 5.91 Å². The third-order valence-corrected chi connectivity index (χ3v) is 3.82. The first-order valence-corrected chi connectivity index (χ1v) is 8.32. The Morgan fingerprint density at radius 2 is 1.69 bits per heavy atom. The second kappa shape index (κ2) is 8.40. The van der Waals surface area contributed by atoms with Crippen molar-refractivity contribution >= 4 is 29.1 Å². The molecule has 0 aliphatic carbocycles. The molecule has 0 atom stereocenters. The predicted octanol–water partition coefficient (Wildman–Crippen LogP) is 4.06. The van der Waals surface area contributed by atoms with E-state index in [1.54, 1.807) is 24.3 Å². The van der Waals surface area contributed by atoms with E-state index >= 15 is 0 Å². The van der Waals surface area contributed by atoms with E-state index in [1.807, 2.05) is 24.3 Å². The zero-order valence-corrected chi connectivity index (χ0v) is 14.5. The first-order chi connectivity index (χ1) is 12.6. The maximum Gasteiger partial charge on any atom is 0.229 e. The number of amides is 1. The molecule has 0 aliphatic heterocycles. The lowest BCUT2D eigenvalue weighted by atomic mass is 10.1. The molecule has 2 aromatic carbocycles. The number of benzene rings is 2. The molecule has 0 bridgehead atoms. The number of anilines is 2. The van der Waals surface area contributed by atoms with Gasteiger partial charge < -0.3 is 10.6 Å². The molecule has 0 fully saturated rings. The SMILES string of the molecule is O=C(Cc1cccc(F)c1)Nc1ccc(NCc2ccc(Cl)cc2)nn1. The van der Waals surface area contributed by atoms with Crippen molar-refractivity contribution in [3.05, 3.63) is 82.6 Å². The monoisotopic (exact) mass is 370 g/mol. The number of carbonyl (C=O) groups is 1. The van der Waals surface area contributed by atoms with Gasteiger partial charge in [-0.25, -0.2) is 4.39 Å². The number of nitrogens with one attached hydrogen (secondary N) is 2. The van der Waals surface area contributed by atoms with Gasteiger partial charge in [-0.1, -0.05) is 35.9 Å². The third-order valence-electron chi connectivity index (χ3n) is 3.57. The van der Waals surface area contributed by atoms with Crippen LogP contribution in [0.1, 0.15) is 11.1 Å². The van der Waals surface area contributed by atoms with Gasteiger partial charge >= 0.3 is 0 Å². The van der Waals surface area contributed by atoms with Gasteiger partial charge in [0.1, 0.15) is 11.6 Å². The number of halogens is 2. The van der Waals surface area contributed by atoms with Crippen LogP contribution in [0.5, 0.6) is 0 Å². The molecule has 0 radical (unpaired) electrons. The second-order valence-corrected chi connectivity index (χ2v) is 6.08. The van der Waals surface area contributed by atoms with E-state index in [-0.39, 0.29) is 18.1 Å². The molecule has 0 aliphatic rings. The van der Waals surface area contributed by atoms with E-state index in [0.717, 1.165) is 5.56 Å². The summed E-state index contributed by atoms with van der Waals surface area (Å²) >= 11 is 5.85. The van der Waals surface area contributed by atoms with Crippen LogP contribution in [0.4, 0.5) is 16.0 Å². The van der Waals surface area contributed by atoms with Crippen molar-refractivity contribution in [2.75, 3.05) is 10.6 Å². The summed E-state index contributed by atoms with van der Waals surface area (Å²) in [5.74, 6) is 0.268. The van der Waals surface area contributed by atoms with Crippen LogP contribution < -0.4 is 10.6 Å². The molecule has 1 heterocycles. The molecule has 3 rings (SSSR count). The molecule has 26 heavy (non-hydrogen) atoms. The minimum absolute atomic E-state index is 0.0655. The number of rotatable bonds is 6. The van der Waals surface area contributed by atoms with E-state index in [9.17, 15) is 9.18 Å². The Kier molecular flexibility index (Phi) is 5.76. The fourth-order valence-electron chi connectivity index (χ4n) is 2.31. The number of hydrogen-bond donors (Lipinski definition) is 2. The zero-order valence-electron chi connectivity index (χ0n) is 13.7. The summed E-state index contributed by atoms with van der Waals surface area (Å²) in [5.41, 5.74) is 1.65. The number of aromatic nitrogens is 2. The maximum atomic E-state index is 13.1. The Bertz CT molecular complexity index is 885. The Morgan fingerprint density at radius 1 is 0.962 bits per heavy atom. The molecule has 3 aromatic rings. The average molecular weight is 371 g/mol. The third kappa shape index (κ3) is 5.26. The summed E-state index contributed by atoms with van der Waals surface area (Å²) < 4.78 is 13.1. The summed E-state index contributed by atoms with van der Waals surface area (Å²) in [6.07, 6.45) is 0.0655. The topological polar surface area (TPSA) is 66.9 Å². The highest BCUT2D eigenvalue weighted by Gasteiger charge is 2.06. The van der Waals surface area contributed by atoms with Crippen LogP contribution in [-0.2, 0) is 17.8 Å². The molecule has 0 saturated heterocycles. The molecule has 0 spiro atoms. The Labute approximate surface area is 155 Å². The van der Waals surface area contributed by atoms with Gasteiger partial charge in [0.05, 0.1) is 6.42 Å². The largest absolute Gasteiger partial charge is 0.365 e. The lowest BCUT2D eigenvalue weighted by molar-refractivity contribution is -0.115. The Balaban J connectivity index is 1.52. The minimum atomic E-state index is -0.369. The van der Waals surface area contributed by atoms with Crippen molar-refractivity contribution in [3.8, 4) is 0 Å². The van der Waals surface area contributed by atoms with Crippen LogP contribution >= 0.6 is 11.6 Å². The predicted molar refractivity (Wildman–Crippen MR) is 99.5 cm³/mol. The highest BCUT2D eigenvalue weighted by Crippen LogP contribution is 2.12. The van der Waals surface area contributed by atoms with E-state index in [0.29, 0.717) is 28.8 Å². The van der Waals surface area contributed by atoms with Gasteiger partial charge in [-0.2, -0.15) is 0 Å². The molecule has 2 N–H and O–H groups in total. The fraction of sp³-hybridized carbons (Fsp3) is 0.105. The Hall–Kier alpha value is -2.99. The van der Waals surface area contributed by atoms with Gasteiger partial charge in [0.15, 0.2) is 5.82 Å². The molecule has 7 heteroatoms. The second-order valence-electron chi connectivity index (χ2n) is 5.64. The average Bonchev–Trinajstić information content (AvgIpc) is 2.62. The zero-order chi connectivity index (χ0) is 18.4. The number of nitrogens with zero attached hydrogens (tertiary/aromatic N) is 2. The van der Waals surface area contributed by atoms with E-state index in [2.05, 4.69) is 20.8 Å². The van der Waals surface area contributed by atoms with Crippen molar-refractivity contribution in [1.82, 2.24) is 10.2 Å². The van der Waals surface area contributed by atoms with Crippen LogP contribution in [0.2, 0.25) is 5.02 Å². The van der Waals surface area contributed by atoms with Crippen LogP contribution in [0, 0.1) is 5.82 Å². The summed E-state index contributed by atoms with van der Waals surface area (Å²) in [4.78, 5) is 12.0. The summed E-state index contributed by atoms with van der Waals surface area (Å²) in [6, 6.07) is 16.8. The summed E-state index contributed by atoms with van der Waals surface area (Å²) in [6.45, 7) is 0.580. The van der Waals surface area contributed by atoms with E-state index in [1.165, 1.54) is 12.1 Å². The molecule has 1 amide bonds.